The molecule has 1 amide bonds. The Balaban J connectivity index is 2.07. The molecule has 1 aromatic heterocycles. The number of aliphatic carboxylic acids is 1. The third-order valence-electron chi connectivity index (χ3n) is 3.60. The summed E-state index contributed by atoms with van der Waals surface area (Å²) in [5.74, 6) is -1.01. The number of carbonyl (C=O) groups excluding carboxylic acids is 1. The number of anilines is 1. The van der Waals surface area contributed by atoms with Crippen molar-refractivity contribution in [3.63, 3.8) is 0 Å². The zero-order valence-electron chi connectivity index (χ0n) is 12.1. The van der Waals surface area contributed by atoms with Crippen LogP contribution in [0.1, 0.15) is 29.2 Å². The quantitative estimate of drug-likeness (QED) is 0.889. The summed E-state index contributed by atoms with van der Waals surface area (Å²) in [5, 5.41) is 15.8. The Morgan fingerprint density at radius 1 is 1.57 bits per heavy atom. The predicted molar refractivity (Wildman–Crippen MR) is 80.9 cm³/mol. The summed E-state index contributed by atoms with van der Waals surface area (Å²) >= 11 is 6.06. The van der Waals surface area contributed by atoms with E-state index in [1.54, 1.807) is 25.1 Å². The Morgan fingerprint density at radius 2 is 2.35 bits per heavy atom. The van der Waals surface area contributed by atoms with Crippen LogP contribution in [0.25, 0.3) is 0 Å². The Morgan fingerprint density at radius 3 is 3.09 bits per heavy atom. The van der Waals surface area contributed by atoms with Crippen LogP contribution in [0.3, 0.4) is 0 Å². The lowest BCUT2D eigenvalue weighted by atomic mass is 9.85. The second kappa shape index (κ2) is 5.92. The van der Waals surface area contributed by atoms with Crippen molar-refractivity contribution in [2.45, 2.75) is 19.3 Å². The summed E-state index contributed by atoms with van der Waals surface area (Å²) in [5.41, 5.74) is 2.02. The molecule has 1 atom stereocenters. The van der Waals surface area contributed by atoms with Gasteiger partial charge in [-0.3, -0.25) is 10.1 Å². The maximum absolute atomic E-state index is 11.9. The Labute approximate surface area is 136 Å². The molecule has 0 radical (unpaired) electrons. The number of halogens is 1. The van der Waals surface area contributed by atoms with E-state index in [9.17, 15) is 9.59 Å². The minimum atomic E-state index is -1.09. The summed E-state index contributed by atoms with van der Waals surface area (Å²) in [6, 6.07) is 4.86. The van der Waals surface area contributed by atoms with Crippen LogP contribution in [-0.4, -0.2) is 28.7 Å². The van der Waals surface area contributed by atoms with Gasteiger partial charge < -0.3 is 14.4 Å². The molecule has 8 heteroatoms. The molecular weight excluding hydrogens is 324 g/mol. The van der Waals surface area contributed by atoms with Gasteiger partial charge in [-0.15, -0.1) is 0 Å². The van der Waals surface area contributed by atoms with E-state index < -0.39 is 12.6 Å². The highest BCUT2D eigenvalue weighted by Crippen LogP contribution is 2.43. The van der Waals surface area contributed by atoms with E-state index in [1.807, 2.05) is 0 Å². The molecule has 2 heterocycles. The largest absolute Gasteiger partial charge is 0.482 e. The molecule has 1 aliphatic rings. The highest BCUT2D eigenvalue weighted by atomic mass is 35.5. The normalized spacial score (nSPS) is 16.6. The number of carbonyl (C=O) groups is 2. The number of hydrogen-bond donors (Lipinski definition) is 2. The summed E-state index contributed by atoms with van der Waals surface area (Å²) in [6.45, 7) is 1.29. The van der Waals surface area contributed by atoms with Crippen LogP contribution in [-0.2, 0) is 9.59 Å². The number of fused-ring (bicyclic) bond motifs is 1. The first-order valence-electron chi connectivity index (χ1n) is 6.85. The lowest BCUT2D eigenvalue weighted by molar-refractivity contribution is -0.139. The number of amides is 1. The monoisotopic (exact) mass is 336 g/mol. The molecule has 0 spiro atoms. The molecule has 23 heavy (non-hydrogen) atoms. The van der Waals surface area contributed by atoms with Crippen LogP contribution in [0.15, 0.2) is 22.7 Å². The number of hydrogen-bond acceptors (Lipinski definition) is 5. The van der Waals surface area contributed by atoms with Gasteiger partial charge in [0.2, 0.25) is 11.8 Å². The van der Waals surface area contributed by atoms with E-state index in [2.05, 4.69) is 10.5 Å². The summed E-state index contributed by atoms with van der Waals surface area (Å²) < 4.78 is 10.5. The van der Waals surface area contributed by atoms with Gasteiger partial charge in [-0.2, -0.15) is 0 Å². The Hall–Kier alpha value is -2.54. The fraction of sp³-hybridized carbons (Fsp3) is 0.267. The van der Waals surface area contributed by atoms with Crippen molar-refractivity contribution >= 4 is 29.4 Å². The summed E-state index contributed by atoms with van der Waals surface area (Å²) in [6.07, 6.45) is 0.166. The van der Waals surface area contributed by atoms with Crippen LogP contribution in [0, 0.1) is 6.92 Å². The number of carboxylic acid groups (broad SMARTS) is 1. The van der Waals surface area contributed by atoms with Crippen molar-refractivity contribution in [3.8, 4) is 5.75 Å². The number of nitrogens with one attached hydrogen (secondary N) is 1. The number of nitrogens with zero attached hydrogens (tertiary/aromatic N) is 1. The molecule has 0 bridgehead atoms. The van der Waals surface area contributed by atoms with Crippen LogP contribution in [0.5, 0.6) is 5.75 Å². The first kappa shape index (κ1) is 15.4. The van der Waals surface area contributed by atoms with Gasteiger partial charge in [0.1, 0.15) is 5.75 Å². The minimum Gasteiger partial charge on any atom is -0.482 e. The SMILES string of the molecule is Cc1noc2c1C(c1cc(Cl)ccc1OCC(=O)O)CC(=O)N2. The first-order chi connectivity index (χ1) is 11.0. The number of benzene rings is 1. The molecule has 0 saturated carbocycles. The maximum Gasteiger partial charge on any atom is 0.341 e. The van der Waals surface area contributed by atoms with Gasteiger partial charge in [-0.25, -0.2) is 4.79 Å². The molecule has 0 saturated heterocycles. The van der Waals surface area contributed by atoms with Gasteiger partial charge in [-0.1, -0.05) is 16.8 Å². The second-order valence-electron chi connectivity index (χ2n) is 5.18. The molecule has 7 nitrogen and oxygen atoms in total. The molecule has 2 aromatic rings. The second-order valence-corrected chi connectivity index (χ2v) is 5.62. The van der Waals surface area contributed by atoms with Gasteiger partial charge >= 0.3 is 5.97 Å². The van der Waals surface area contributed by atoms with Crippen molar-refractivity contribution in [1.29, 1.82) is 0 Å². The van der Waals surface area contributed by atoms with Gasteiger partial charge in [0, 0.05) is 28.5 Å². The maximum atomic E-state index is 11.9. The molecule has 2 N–H and O–H groups in total. The number of aryl methyl sites for hydroxylation is 1. The fourth-order valence-electron chi connectivity index (χ4n) is 2.67. The van der Waals surface area contributed by atoms with Crippen molar-refractivity contribution in [2.75, 3.05) is 11.9 Å². The minimum absolute atomic E-state index is 0.166. The Kier molecular flexibility index (Phi) is 3.96. The fourth-order valence-corrected chi connectivity index (χ4v) is 2.85. The molecule has 0 fully saturated rings. The van der Waals surface area contributed by atoms with Crippen molar-refractivity contribution in [1.82, 2.24) is 5.16 Å². The zero-order valence-corrected chi connectivity index (χ0v) is 12.9. The van der Waals surface area contributed by atoms with Crippen LogP contribution < -0.4 is 10.1 Å². The average Bonchev–Trinajstić information content (AvgIpc) is 2.86. The molecule has 3 rings (SSSR count). The van der Waals surface area contributed by atoms with E-state index in [1.165, 1.54) is 0 Å². The smallest absolute Gasteiger partial charge is 0.341 e. The summed E-state index contributed by atoms with van der Waals surface area (Å²) in [4.78, 5) is 22.7. The number of aromatic nitrogens is 1. The lowest BCUT2D eigenvalue weighted by Gasteiger charge is -2.24. The molecule has 1 aliphatic heterocycles. The highest BCUT2D eigenvalue weighted by molar-refractivity contribution is 6.30. The highest BCUT2D eigenvalue weighted by Gasteiger charge is 2.33. The number of ether oxygens (including phenoxy) is 1. The molecule has 1 unspecified atom stereocenters. The van der Waals surface area contributed by atoms with Gasteiger partial charge in [0.05, 0.1) is 5.69 Å². The molecule has 1 aromatic carbocycles. The van der Waals surface area contributed by atoms with Gasteiger partial charge in [-0.05, 0) is 25.1 Å². The van der Waals surface area contributed by atoms with Crippen LogP contribution in [0.2, 0.25) is 5.02 Å². The zero-order chi connectivity index (χ0) is 16.6. The van der Waals surface area contributed by atoms with Crippen LogP contribution in [0.4, 0.5) is 5.88 Å². The Bertz CT molecular complexity index is 786. The standard InChI is InChI=1S/C15H13ClN2O5/c1-7-14-10(5-12(19)17-15(14)23-18-7)9-4-8(16)2-3-11(9)22-6-13(20)21/h2-4,10H,5-6H2,1H3,(H,17,19)(H,20,21). The third kappa shape index (κ3) is 3.00. The van der Waals surface area contributed by atoms with E-state index in [0.29, 0.717) is 27.9 Å². The van der Waals surface area contributed by atoms with E-state index in [4.69, 9.17) is 26.0 Å². The van der Waals surface area contributed by atoms with E-state index in [-0.39, 0.29) is 18.2 Å². The molecule has 120 valence electrons. The topological polar surface area (TPSA) is 102 Å². The first-order valence-corrected chi connectivity index (χ1v) is 7.23. The molecular formula is C15H13ClN2O5. The van der Waals surface area contributed by atoms with Gasteiger partial charge in [0.15, 0.2) is 6.61 Å². The third-order valence-corrected chi connectivity index (χ3v) is 3.83. The lowest BCUT2D eigenvalue weighted by Crippen LogP contribution is -2.23. The average molecular weight is 337 g/mol. The number of rotatable bonds is 4. The van der Waals surface area contributed by atoms with Crippen molar-refractivity contribution < 1.29 is 24.0 Å². The van der Waals surface area contributed by atoms with Gasteiger partial charge in [0.25, 0.3) is 0 Å². The van der Waals surface area contributed by atoms with Crippen molar-refractivity contribution in [2.24, 2.45) is 0 Å². The summed E-state index contributed by atoms with van der Waals surface area (Å²) in [7, 11) is 0. The predicted octanol–water partition coefficient (Wildman–Crippen LogP) is 2.57. The van der Waals surface area contributed by atoms with Crippen molar-refractivity contribution in [3.05, 3.63) is 40.0 Å². The number of carboxylic acids is 1. The van der Waals surface area contributed by atoms with Crippen LogP contribution >= 0.6 is 11.6 Å². The van der Waals surface area contributed by atoms with E-state index in [0.717, 1.165) is 5.56 Å². The van der Waals surface area contributed by atoms with E-state index >= 15 is 0 Å². The molecule has 0 aliphatic carbocycles.